The van der Waals surface area contributed by atoms with Gasteiger partial charge >= 0.3 is 5.97 Å². The van der Waals surface area contributed by atoms with Gasteiger partial charge in [0.1, 0.15) is 0 Å². The van der Waals surface area contributed by atoms with Gasteiger partial charge in [-0.05, 0) is 43.3 Å². The van der Waals surface area contributed by atoms with Crippen LogP contribution in [0.5, 0.6) is 0 Å². The summed E-state index contributed by atoms with van der Waals surface area (Å²) in [6.07, 6.45) is 2.56. The van der Waals surface area contributed by atoms with Gasteiger partial charge in [-0.1, -0.05) is 19.1 Å². The van der Waals surface area contributed by atoms with E-state index in [0.29, 0.717) is 16.9 Å². The minimum Gasteiger partial charge on any atom is -0.478 e. The average Bonchev–Trinajstić information content (AvgIpc) is 2.39. The first-order valence-electron chi connectivity index (χ1n) is 6.72. The first-order valence-corrected chi connectivity index (χ1v) is 7.77. The van der Waals surface area contributed by atoms with E-state index < -0.39 is 5.97 Å². The number of carbonyl (C=O) groups is 1. The van der Waals surface area contributed by atoms with Crippen LogP contribution in [0.15, 0.2) is 24.3 Å². The molecule has 2 rings (SSSR count). The number of carboxylic acid groups (broad SMARTS) is 1. The Morgan fingerprint density at radius 1 is 1.42 bits per heavy atom. The smallest absolute Gasteiger partial charge is 0.335 e. The van der Waals surface area contributed by atoms with E-state index in [1.54, 1.807) is 12.1 Å². The predicted molar refractivity (Wildman–Crippen MR) is 79.8 cm³/mol. The molecule has 4 heteroatoms. The maximum Gasteiger partial charge on any atom is 0.335 e. The summed E-state index contributed by atoms with van der Waals surface area (Å²) in [5, 5.41) is 9.56. The number of nitrogens with zero attached hydrogens (tertiary/aromatic N) is 1. The molecule has 1 aliphatic rings. The molecule has 0 spiro atoms. The van der Waals surface area contributed by atoms with Crippen LogP contribution < -0.4 is 0 Å². The van der Waals surface area contributed by atoms with Crippen molar-refractivity contribution in [1.29, 1.82) is 0 Å². The Morgan fingerprint density at radius 3 is 2.68 bits per heavy atom. The highest BCUT2D eigenvalue weighted by Crippen LogP contribution is 2.28. The van der Waals surface area contributed by atoms with E-state index in [0.717, 1.165) is 6.54 Å². The third-order valence-electron chi connectivity index (χ3n) is 3.77. The number of benzene rings is 1. The number of aromatic carboxylic acids is 1. The van der Waals surface area contributed by atoms with Crippen LogP contribution >= 0.6 is 11.8 Å². The van der Waals surface area contributed by atoms with E-state index in [1.807, 2.05) is 12.1 Å². The standard InChI is InChI=1S/C15H21NO2S/c1-11-14(4-3-9-19-11)16(2)10-12-5-7-13(8-6-12)15(17)18/h5-8,11,14H,3-4,9-10H2,1-2H3,(H,17,18). The molecule has 1 saturated heterocycles. The minimum absolute atomic E-state index is 0.355. The highest BCUT2D eigenvalue weighted by molar-refractivity contribution is 7.99. The quantitative estimate of drug-likeness (QED) is 0.919. The van der Waals surface area contributed by atoms with E-state index in [9.17, 15) is 4.79 Å². The summed E-state index contributed by atoms with van der Waals surface area (Å²) in [4.78, 5) is 13.2. The highest BCUT2D eigenvalue weighted by Gasteiger charge is 2.25. The molecule has 104 valence electrons. The summed E-state index contributed by atoms with van der Waals surface area (Å²) in [5.41, 5.74) is 1.53. The van der Waals surface area contributed by atoms with Crippen molar-refractivity contribution in [2.75, 3.05) is 12.8 Å². The van der Waals surface area contributed by atoms with Gasteiger partial charge in [0.2, 0.25) is 0 Å². The molecule has 2 atom stereocenters. The van der Waals surface area contributed by atoms with E-state index in [4.69, 9.17) is 5.11 Å². The van der Waals surface area contributed by atoms with Crippen LogP contribution in [0, 0.1) is 0 Å². The Balaban J connectivity index is 1.97. The number of thioether (sulfide) groups is 1. The van der Waals surface area contributed by atoms with Crippen LogP contribution in [-0.2, 0) is 6.54 Å². The Hall–Kier alpha value is -1.00. The van der Waals surface area contributed by atoms with Gasteiger partial charge in [0.15, 0.2) is 0 Å². The molecular weight excluding hydrogens is 258 g/mol. The van der Waals surface area contributed by atoms with Gasteiger partial charge in [-0.2, -0.15) is 11.8 Å². The summed E-state index contributed by atoms with van der Waals surface area (Å²) in [5.74, 6) is 0.413. The van der Waals surface area contributed by atoms with Gasteiger partial charge in [-0.3, -0.25) is 4.90 Å². The molecule has 1 N–H and O–H groups in total. The molecule has 1 fully saturated rings. The second-order valence-electron chi connectivity index (χ2n) is 5.20. The van der Waals surface area contributed by atoms with Crippen LogP contribution in [-0.4, -0.2) is 40.1 Å². The van der Waals surface area contributed by atoms with Crippen molar-refractivity contribution in [1.82, 2.24) is 4.90 Å². The number of hydrogen-bond donors (Lipinski definition) is 1. The Kier molecular flexibility index (Phi) is 4.88. The molecule has 3 nitrogen and oxygen atoms in total. The SMILES string of the molecule is CC1SCCCC1N(C)Cc1ccc(C(=O)O)cc1. The molecule has 0 bridgehead atoms. The lowest BCUT2D eigenvalue weighted by Crippen LogP contribution is -2.40. The predicted octanol–water partition coefficient (Wildman–Crippen LogP) is 3.10. The molecule has 1 aliphatic heterocycles. The van der Waals surface area contributed by atoms with Gasteiger partial charge < -0.3 is 5.11 Å². The second kappa shape index (κ2) is 6.44. The Morgan fingerprint density at radius 2 is 2.11 bits per heavy atom. The normalized spacial score (nSPS) is 23.5. The monoisotopic (exact) mass is 279 g/mol. The summed E-state index contributed by atoms with van der Waals surface area (Å²) < 4.78 is 0. The third-order valence-corrected chi connectivity index (χ3v) is 5.13. The molecule has 0 saturated carbocycles. The Bertz CT molecular complexity index is 432. The average molecular weight is 279 g/mol. The summed E-state index contributed by atoms with van der Waals surface area (Å²) in [6.45, 7) is 3.19. The van der Waals surface area contributed by atoms with Gasteiger partial charge in [-0.15, -0.1) is 0 Å². The molecule has 0 radical (unpaired) electrons. The van der Waals surface area contributed by atoms with Gasteiger partial charge in [0, 0.05) is 17.8 Å². The lowest BCUT2D eigenvalue weighted by Gasteiger charge is -2.35. The van der Waals surface area contributed by atoms with Crippen molar-refractivity contribution in [2.45, 2.75) is 37.6 Å². The molecule has 0 amide bonds. The van der Waals surface area contributed by atoms with Gasteiger partial charge in [0.25, 0.3) is 0 Å². The summed E-state index contributed by atoms with van der Waals surface area (Å²) >= 11 is 2.05. The van der Waals surface area contributed by atoms with E-state index in [-0.39, 0.29) is 0 Å². The Labute approximate surface area is 119 Å². The fourth-order valence-corrected chi connectivity index (χ4v) is 3.92. The fourth-order valence-electron chi connectivity index (χ4n) is 2.64. The number of hydrogen-bond acceptors (Lipinski definition) is 3. The summed E-state index contributed by atoms with van der Waals surface area (Å²) in [6, 6.07) is 7.83. The first-order chi connectivity index (χ1) is 9.08. The van der Waals surface area contributed by atoms with Crippen molar-refractivity contribution >= 4 is 17.7 Å². The molecular formula is C15H21NO2S. The van der Waals surface area contributed by atoms with Crippen LogP contribution in [0.1, 0.15) is 35.7 Å². The lowest BCUT2D eigenvalue weighted by molar-refractivity contribution is 0.0697. The second-order valence-corrected chi connectivity index (χ2v) is 6.69. The third kappa shape index (κ3) is 3.74. The number of carboxylic acids is 1. The largest absolute Gasteiger partial charge is 0.478 e. The molecule has 1 aromatic rings. The first kappa shape index (κ1) is 14.4. The molecule has 0 aliphatic carbocycles. The van der Waals surface area contributed by atoms with E-state index in [2.05, 4.69) is 30.6 Å². The molecule has 0 aromatic heterocycles. The van der Waals surface area contributed by atoms with Crippen LogP contribution in [0.2, 0.25) is 0 Å². The molecule has 1 heterocycles. The highest BCUT2D eigenvalue weighted by atomic mass is 32.2. The zero-order valence-electron chi connectivity index (χ0n) is 11.5. The molecule has 2 unspecified atom stereocenters. The van der Waals surface area contributed by atoms with E-state index >= 15 is 0 Å². The topological polar surface area (TPSA) is 40.5 Å². The molecule has 1 aromatic carbocycles. The van der Waals surface area contributed by atoms with Crippen molar-refractivity contribution in [3.8, 4) is 0 Å². The van der Waals surface area contributed by atoms with Gasteiger partial charge in [-0.25, -0.2) is 4.79 Å². The van der Waals surface area contributed by atoms with Crippen molar-refractivity contribution < 1.29 is 9.90 Å². The van der Waals surface area contributed by atoms with Crippen molar-refractivity contribution in [3.05, 3.63) is 35.4 Å². The van der Waals surface area contributed by atoms with Gasteiger partial charge in [0.05, 0.1) is 5.56 Å². The maximum atomic E-state index is 10.8. The van der Waals surface area contributed by atoms with E-state index in [1.165, 1.54) is 24.2 Å². The maximum absolute atomic E-state index is 10.8. The van der Waals surface area contributed by atoms with Crippen LogP contribution in [0.3, 0.4) is 0 Å². The van der Waals surface area contributed by atoms with Crippen molar-refractivity contribution in [3.63, 3.8) is 0 Å². The van der Waals surface area contributed by atoms with Crippen LogP contribution in [0.25, 0.3) is 0 Å². The lowest BCUT2D eigenvalue weighted by atomic mass is 10.1. The van der Waals surface area contributed by atoms with Crippen molar-refractivity contribution in [2.24, 2.45) is 0 Å². The molecule has 19 heavy (non-hydrogen) atoms. The zero-order chi connectivity index (χ0) is 13.8. The minimum atomic E-state index is -0.864. The zero-order valence-corrected chi connectivity index (χ0v) is 12.3. The summed E-state index contributed by atoms with van der Waals surface area (Å²) in [7, 11) is 2.16. The fraction of sp³-hybridized carbons (Fsp3) is 0.533. The number of rotatable bonds is 4. The van der Waals surface area contributed by atoms with Crippen LogP contribution in [0.4, 0.5) is 0 Å².